The summed E-state index contributed by atoms with van der Waals surface area (Å²) >= 11 is 0. The molecule has 1 aromatic carbocycles. The van der Waals surface area contributed by atoms with E-state index < -0.39 is 5.41 Å². The third-order valence-corrected chi connectivity index (χ3v) is 6.23. The van der Waals surface area contributed by atoms with Crippen molar-refractivity contribution in [3.63, 3.8) is 0 Å². The fraction of sp³-hybridized carbons (Fsp3) is 0.640. The highest BCUT2D eigenvalue weighted by Gasteiger charge is 2.34. The van der Waals surface area contributed by atoms with Crippen molar-refractivity contribution in [1.82, 2.24) is 10.6 Å². The minimum Gasteiger partial charge on any atom is -0.482 e. The molecule has 0 aromatic heterocycles. The number of nitrogens with zero attached hydrogens (tertiary/aromatic N) is 2. The van der Waals surface area contributed by atoms with Gasteiger partial charge in [-0.25, -0.2) is 0 Å². The highest BCUT2D eigenvalue weighted by atomic mass is 16.5. The average molecular weight is 475 g/mol. The molecule has 2 aliphatic heterocycles. The van der Waals surface area contributed by atoms with Crippen LogP contribution in [0, 0.1) is 11.3 Å². The number of carbonyl (C=O) groups excluding carboxylic acids is 3. The SMILES string of the molecule is CCN(C(=O)[C@@H]1CNC[C@@H](NC(=O)C(C)(C)C)C1)c1ccc2c(c1)N(CCCOC)C(=O)CO2. The first-order valence-electron chi connectivity index (χ1n) is 12.0. The van der Waals surface area contributed by atoms with Crippen LogP contribution in [0.2, 0.25) is 0 Å². The third kappa shape index (κ3) is 6.07. The Labute approximate surface area is 202 Å². The Balaban J connectivity index is 1.76. The number of anilines is 2. The number of piperidine rings is 1. The van der Waals surface area contributed by atoms with Crippen molar-refractivity contribution in [2.75, 3.05) is 56.3 Å². The summed E-state index contributed by atoms with van der Waals surface area (Å²) in [6.07, 6.45) is 1.29. The second kappa shape index (κ2) is 11.2. The van der Waals surface area contributed by atoms with E-state index in [1.165, 1.54) is 0 Å². The quantitative estimate of drug-likeness (QED) is 0.559. The lowest BCUT2D eigenvalue weighted by Crippen LogP contribution is -2.54. The largest absolute Gasteiger partial charge is 0.482 e. The van der Waals surface area contributed by atoms with Crippen LogP contribution in [0.5, 0.6) is 5.75 Å². The van der Waals surface area contributed by atoms with Crippen molar-refractivity contribution in [3.8, 4) is 5.75 Å². The van der Waals surface area contributed by atoms with Gasteiger partial charge >= 0.3 is 0 Å². The number of hydrogen-bond acceptors (Lipinski definition) is 6. The minimum absolute atomic E-state index is 0.00125. The highest BCUT2D eigenvalue weighted by Crippen LogP contribution is 2.36. The van der Waals surface area contributed by atoms with Gasteiger partial charge in [-0.05, 0) is 38.0 Å². The molecule has 2 heterocycles. The van der Waals surface area contributed by atoms with Gasteiger partial charge in [0.05, 0.1) is 11.6 Å². The fourth-order valence-corrected chi connectivity index (χ4v) is 4.30. The minimum atomic E-state index is -0.482. The van der Waals surface area contributed by atoms with Crippen LogP contribution >= 0.6 is 0 Å². The zero-order valence-corrected chi connectivity index (χ0v) is 21.0. The predicted molar refractivity (Wildman–Crippen MR) is 131 cm³/mol. The van der Waals surface area contributed by atoms with E-state index in [1.807, 2.05) is 45.9 Å². The van der Waals surface area contributed by atoms with Gasteiger partial charge in [0.1, 0.15) is 5.75 Å². The zero-order valence-electron chi connectivity index (χ0n) is 21.0. The van der Waals surface area contributed by atoms with Gasteiger partial charge in [-0.2, -0.15) is 0 Å². The van der Waals surface area contributed by atoms with Gasteiger partial charge in [-0.3, -0.25) is 14.4 Å². The number of ether oxygens (including phenoxy) is 2. The third-order valence-electron chi connectivity index (χ3n) is 6.23. The molecule has 1 saturated heterocycles. The summed E-state index contributed by atoms with van der Waals surface area (Å²) in [6, 6.07) is 5.44. The first-order chi connectivity index (χ1) is 16.2. The van der Waals surface area contributed by atoms with E-state index in [0.717, 1.165) is 5.69 Å². The molecule has 3 rings (SSSR count). The van der Waals surface area contributed by atoms with Gasteiger partial charge in [0.2, 0.25) is 11.8 Å². The standard InChI is InChI=1S/C25H38N4O5/c1-6-28(23(31)17-12-18(15-26-14-17)27-24(32)25(2,3)4)19-8-9-21-20(13-19)29(10-7-11-33-5)22(30)16-34-21/h8-9,13,17-18,26H,6-7,10-12,14-16H2,1-5H3,(H,27,32)/t17-,18-/m0/s1. The first kappa shape index (κ1) is 26.0. The summed E-state index contributed by atoms with van der Waals surface area (Å²) in [7, 11) is 1.64. The van der Waals surface area contributed by atoms with Crippen molar-refractivity contribution >= 4 is 29.1 Å². The maximum absolute atomic E-state index is 13.5. The summed E-state index contributed by atoms with van der Waals surface area (Å²) in [5.74, 6) is 0.245. The van der Waals surface area contributed by atoms with E-state index in [9.17, 15) is 14.4 Å². The monoisotopic (exact) mass is 474 g/mol. The Hall–Kier alpha value is -2.65. The Morgan fingerprint density at radius 3 is 2.74 bits per heavy atom. The molecular formula is C25H38N4O5. The second-order valence-electron chi connectivity index (χ2n) is 9.93. The molecule has 9 heteroatoms. The number of nitrogens with one attached hydrogen (secondary N) is 2. The molecule has 0 aliphatic carbocycles. The van der Waals surface area contributed by atoms with Crippen molar-refractivity contribution in [2.24, 2.45) is 11.3 Å². The van der Waals surface area contributed by atoms with Crippen LogP contribution in [-0.2, 0) is 19.1 Å². The van der Waals surface area contributed by atoms with Crippen LogP contribution in [-0.4, -0.2) is 70.3 Å². The number of fused-ring (bicyclic) bond motifs is 1. The van der Waals surface area contributed by atoms with Crippen LogP contribution in [0.1, 0.15) is 40.5 Å². The van der Waals surface area contributed by atoms with Crippen LogP contribution in [0.25, 0.3) is 0 Å². The molecule has 0 unspecified atom stereocenters. The van der Waals surface area contributed by atoms with Crippen molar-refractivity contribution in [2.45, 2.75) is 46.6 Å². The maximum Gasteiger partial charge on any atom is 0.265 e. The topological polar surface area (TPSA) is 100 Å². The number of hydrogen-bond donors (Lipinski definition) is 2. The van der Waals surface area contributed by atoms with Gasteiger partial charge in [0.25, 0.3) is 5.91 Å². The maximum atomic E-state index is 13.5. The van der Waals surface area contributed by atoms with E-state index in [4.69, 9.17) is 9.47 Å². The normalized spacial score (nSPS) is 20.4. The molecule has 0 saturated carbocycles. The van der Waals surface area contributed by atoms with Crippen molar-refractivity contribution in [1.29, 1.82) is 0 Å². The van der Waals surface area contributed by atoms with Crippen LogP contribution in [0.15, 0.2) is 18.2 Å². The van der Waals surface area contributed by atoms with Gasteiger partial charge < -0.3 is 29.9 Å². The molecule has 2 N–H and O–H groups in total. The number of methoxy groups -OCH3 is 1. The number of rotatable bonds is 8. The summed E-state index contributed by atoms with van der Waals surface area (Å²) in [4.78, 5) is 41.9. The molecule has 2 aliphatic rings. The molecule has 0 spiro atoms. The van der Waals surface area contributed by atoms with E-state index >= 15 is 0 Å². The van der Waals surface area contributed by atoms with Gasteiger partial charge in [0.15, 0.2) is 6.61 Å². The average Bonchev–Trinajstić information content (AvgIpc) is 2.80. The Morgan fingerprint density at radius 1 is 1.29 bits per heavy atom. The fourth-order valence-electron chi connectivity index (χ4n) is 4.30. The Bertz CT molecular complexity index is 898. The number of carbonyl (C=O) groups is 3. The summed E-state index contributed by atoms with van der Waals surface area (Å²) in [6.45, 7) is 10.4. The Kier molecular flexibility index (Phi) is 8.54. The lowest BCUT2D eigenvalue weighted by molar-refractivity contribution is -0.130. The molecule has 0 radical (unpaired) electrons. The van der Waals surface area contributed by atoms with Gasteiger partial charge in [-0.1, -0.05) is 20.8 Å². The van der Waals surface area contributed by atoms with Crippen LogP contribution in [0.3, 0.4) is 0 Å². The molecule has 34 heavy (non-hydrogen) atoms. The number of amides is 3. The first-order valence-corrected chi connectivity index (χ1v) is 12.0. The van der Waals surface area contributed by atoms with Crippen molar-refractivity contribution < 1.29 is 23.9 Å². The van der Waals surface area contributed by atoms with E-state index in [0.29, 0.717) is 57.1 Å². The molecule has 2 atom stereocenters. The molecule has 1 aromatic rings. The Morgan fingerprint density at radius 2 is 2.06 bits per heavy atom. The summed E-state index contributed by atoms with van der Waals surface area (Å²) < 4.78 is 10.8. The molecule has 188 valence electrons. The van der Waals surface area contributed by atoms with Crippen LogP contribution < -0.4 is 25.2 Å². The molecular weight excluding hydrogens is 436 g/mol. The smallest absolute Gasteiger partial charge is 0.265 e. The second-order valence-corrected chi connectivity index (χ2v) is 9.93. The molecule has 3 amide bonds. The van der Waals surface area contributed by atoms with Crippen LogP contribution in [0.4, 0.5) is 11.4 Å². The van der Waals surface area contributed by atoms with Gasteiger partial charge in [0, 0.05) is 57.0 Å². The lowest BCUT2D eigenvalue weighted by Gasteiger charge is -2.35. The molecule has 9 nitrogen and oxygen atoms in total. The van der Waals surface area contributed by atoms with Gasteiger partial charge in [-0.15, -0.1) is 0 Å². The van der Waals surface area contributed by atoms with Crippen molar-refractivity contribution in [3.05, 3.63) is 18.2 Å². The predicted octanol–water partition coefficient (Wildman–Crippen LogP) is 1.94. The zero-order chi connectivity index (χ0) is 24.9. The van der Waals surface area contributed by atoms with E-state index in [1.54, 1.807) is 16.9 Å². The molecule has 1 fully saturated rings. The lowest BCUT2D eigenvalue weighted by atomic mass is 9.91. The van der Waals surface area contributed by atoms with E-state index in [2.05, 4.69) is 10.6 Å². The number of benzene rings is 1. The highest BCUT2D eigenvalue weighted by molar-refractivity contribution is 6.00. The summed E-state index contributed by atoms with van der Waals surface area (Å²) in [5, 5.41) is 6.37. The summed E-state index contributed by atoms with van der Waals surface area (Å²) in [5.41, 5.74) is 0.916. The molecule has 0 bridgehead atoms. The van der Waals surface area contributed by atoms with E-state index in [-0.39, 0.29) is 36.3 Å².